The SMILES string of the molecule is CC(=O)NCc1cccc(-c2cccc([C@@H]3O[C@H](CN4CC[C@H](O)C4)C[C@H](c4ccc(CO)cc4)O3)c2)c1. The van der Waals surface area contributed by atoms with Gasteiger partial charge < -0.3 is 25.0 Å². The van der Waals surface area contributed by atoms with Gasteiger partial charge in [-0.2, -0.15) is 0 Å². The molecule has 3 aromatic rings. The number of nitrogens with one attached hydrogen (secondary N) is 1. The normalized spacial score (nSPS) is 23.9. The van der Waals surface area contributed by atoms with E-state index in [1.165, 1.54) is 6.92 Å². The van der Waals surface area contributed by atoms with E-state index in [0.29, 0.717) is 19.5 Å². The molecule has 2 heterocycles. The molecule has 0 spiro atoms. The zero-order valence-corrected chi connectivity index (χ0v) is 21.8. The number of hydrogen-bond donors (Lipinski definition) is 3. The fraction of sp³-hybridized carbons (Fsp3) is 0.387. The van der Waals surface area contributed by atoms with Crippen molar-refractivity contribution in [1.82, 2.24) is 10.2 Å². The molecule has 2 aliphatic heterocycles. The van der Waals surface area contributed by atoms with Crippen LogP contribution in [0.1, 0.15) is 54.4 Å². The van der Waals surface area contributed by atoms with Crippen molar-refractivity contribution >= 4 is 5.91 Å². The number of carbonyl (C=O) groups is 1. The first kappa shape index (κ1) is 26.5. The average molecular weight is 517 g/mol. The van der Waals surface area contributed by atoms with Gasteiger partial charge in [0.05, 0.1) is 24.9 Å². The molecule has 200 valence electrons. The first-order valence-corrected chi connectivity index (χ1v) is 13.3. The van der Waals surface area contributed by atoms with Gasteiger partial charge in [0.2, 0.25) is 5.91 Å². The predicted molar refractivity (Wildman–Crippen MR) is 145 cm³/mol. The summed E-state index contributed by atoms with van der Waals surface area (Å²) in [4.78, 5) is 13.6. The molecule has 0 aliphatic carbocycles. The smallest absolute Gasteiger partial charge is 0.217 e. The molecule has 3 aromatic carbocycles. The van der Waals surface area contributed by atoms with Gasteiger partial charge in [0, 0.05) is 45.1 Å². The van der Waals surface area contributed by atoms with E-state index in [2.05, 4.69) is 34.5 Å². The van der Waals surface area contributed by atoms with Gasteiger partial charge in [-0.1, -0.05) is 60.7 Å². The standard InChI is InChI=1S/C31H36N2O5/c1-21(35)32-17-23-4-2-5-25(14-23)26-6-3-7-27(15-26)31-37-29(19-33-13-12-28(36)18-33)16-30(38-31)24-10-8-22(20-34)9-11-24/h2-11,14-15,28-31,34,36H,12-13,16-20H2,1H3,(H,32,35)/t28-,29-,30+,31+/m0/s1. The lowest BCUT2D eigenvalue weighted by Crippen LogP contribution is -2.38. The lowest BCUT2D eigenvalue weighted by atomic mass is 9.98. The van der Waals surface area contributed by atoms with Gasteiger partial charge in [-0.15, -0.1) is 0 Å². The number of aliphatic hydroxyl groups excluding tert-OH is 2. The minimum atomic E-state index is -0.536. The van der Waals surface area contributed by atoms with Crippen LogP contribution in [0.15, 0.2) is 72.8 Å². The summed E-state index contributed by atoms with van der Waals surface area (Å²) >= 11 is 0. The van der Waals surface area contributed by atoms with Crippen molar-refractivity contribution < 1.29 is 24.5 Å². The minimum Gasteiger partial charge on any atom is -0.392 e. The maximum absolute atomic E-state index is 11.3. The molecule has 5 rings (SSSR count). The van der Waals surface area contributed by atoms with E-state index in [-0.39, 0.29) is 30.8 Å². The fourth-order valence-corrected chi connectivity index (χ4v) is 5.25. The Kier molecular flexibility index (Phi) is 8.51. The maximum Gasteiger partial charge on any atom is 0.217 e. The van der Waals surface area contributed by atoms with E-state index < -0.39 is 6.29 Å². The van der Waals surface area contributed by atoms with Gasteiger partial charge in [0.25, 0.3) is 0 Å². The summed E-state index contributed by atoms with van der Waals surface area (Å²) in [5.74, 6) is -0.0532. The number of rotatable bonds is 8. The summed E-state index contributed by atoms with van der Waals surface area (Å²) < 4.78 is 13.0. The summed E-state index contributed by atoms with van der Waals surface area (Å²) in [5.41, 5.74) is 6.01. The fourth-order valence-electron chi connectivity index (χ4n) is 5.25. The Bertz CT molecular complexity index is 1230. The van der Waals surface area contributed by atoms with E-state index in [9.17, 15) is 15.0 Å². The zero-order chi connectivity index (χ0) is 26.5. The Labute approximate surface area is 224 Å². The van der Waals surface area contributed by atoms with Crippen LogP contribution in [0, 0.1) is 0 Å². The van der Waals surface area contributed by atoms with Crippen molar-refractivity contribution in [2.24, 2.45) is 0 Å². The molecule has 2 fully saturated rings. The molecule has 2 aliphatic rings. The highest BCUT2D eigenvalue weighted by atomic mass is 16.7. The summed E-state index contributed by atoms with van der Waals surface area (Å²) in [6.45, 7) is 4.30. The first-order chi connectivity index (χ1) is 18.5. The third kappa shape index (κ3) is 6.67. The molecular weight excluding hydrogens is 480 g/mol. The van der Waals surface area contributed by atoms with Crippen molar-refractivity contribution in [2.75, 3.05) is 19.6 Å². The quantitative estimate of drug-likeness (QED) is 0.418. The number of benzene rings is 3. The van der Waals surface area contributed by atoms with Crippen LogP contribution in [0.5, 0.6) is 0 Å². The number of hydrogen-bond acceptors (Lipinski definition) is 6. The van der Waals surface area contributed by atoms with E-state index in [4.69, 9.17) is 9.47 Å². The van der Waals surface area contributed by atoms with Crippen LogP contribution in [0.25, 0.3) is 11.1 Å². The number of nitrogens with zero attached hydrogens (tertiary/aromatic N) is 1. The van der Waals surface area contributed by atoms with Crippen LogP contribution in [0.2, 0.25) is 0 Å². The number of aliphatic hydroxyl groups is 2. The third-order valence-electron chi connectivity index (χ3n) is 7.28. The molecule has 0 radical (unpaired) electrons. The van der Waals surface area contributed by atoms with Gasteiger partial charge in [0.15, 0.2) is 6.29 Å². The Balaban J connectivity index is 1.38. The predicted octanol–water partition coefficient (Wildman–Crippen LogP) is 4.09. The molecule has 7 heteroatoms. The van der Waals surface area contributed by atoms with Crippen LogP contribution in [0.3, 0.4) is 0 Å². The van der Waals surface area contributed by atoms with Crippen molar-refractivity contribution in [3.05, 3.63) is 95.1 Å². The first-order valence-electron chi connectivity index (χ1n) is 13.3. The molecule has 38 heavy (non-hydrogen) atoms. The molecule has 1 amide bonds. The summed E-state index contributed by atoms with van der Waals surface area (Å²) in [6.07, 6.45) is 0.500. The highest BCUT2D eigenvalue weighted by molar-refractivity contribution is 5.73. The highest BCUT2D eigenvalue weighted by Gasteiger charge is 2.34. The van der Waals surface area contributed by atoms with Gasteiger partial charge in [-0.3, -0.25) is 9.69 Å². The largest absolute Gasteiger partial charge is 0.392 e. The second-order valence-electron chi connectivity index (χ2n) is 10.3. The molecule has 7 nitrogen and oxygen atoms in total. The van der Waals surface area contributed by atoms with E-state index in [0.717, 1.165) is 52.9 Å². The van der Waals surface area contributed by atoms with Crippen LogP contribution >= 0.6 is 0 Å². The maximum atomic E-state index is 11.3. The monoisotopic (exact) mass is 516 g/mol. The van der Waals surface area contributed by atoms with Gasteiger partial charge in [0.1, 0.15) is 0 Å². The molecular formula is C31H36N2O5. The minimum absolute atomic E-state index is 0.0102. The van der Waals surface area contributed by atoms with E-state index in [1.807, 2.05) is 48.5 Å². The molecule has 0 bridgehead atoms. The summed E-state index contributed by atoms with van der Waals surface area (Å²) in [6, 6.07) is 24.3. The third-order valence-corrected chi connectivity index (χ3v) is 7.28. The van der Waals surface area contributed by atoms with Crippen LogP contribution < -0.4 is 5.32 Å². The van der Waals surface area contributed by atoms with Crippen molar-refractivity contribution in [3.63, 3.8) is 0 Å². The topological polar surface area (TPSA) is 91.3 Å². The lowest BCUT2D eigenvalue weighted by molar-refractivity contribution is -0.252. The Morgan fingerprint density at radius 3 is 2.45 bits per heavy atom. The van der Waals surface area contributed by atoms with Gasteiger partial charge in [-0.25, -0.2) is 0 Å². The Morgan fingerprint density at radius 1 is 0.974 bits per heavy atom. The van der Waals surface area contributed by atoms with Crippen molar-refractivity contribution in [3.8, 4) is 11.1 Å². The molecule has 0 unspecified atom stereocenters. The molecule has 0 saturated carbocycles. The second-order valence-corrected chi connectivity index (χ2v) is 10.3. The number of ether oxygens (including phenoxy) is 2. The zero-order valence-electron chi connectivity index (χ0n) is 21.8. The summed E-state index contributed by atoms with van der Waals surface area (Å²) in [5, 5.41) is 22.3. The number of carbonyl (C=O) groups excluding carboxylic acids is 1. The van der Waals surface area contributed by atoms with Crippen molar-refractivity contribution in [2.45, 2.75) is 57.5 Å². The number of amides is 1. The van der Waals surface area contributed by atoms with E-state index in [1.54, 1.807) is 0 Å². The molecule has 3 N–H and O–H groups in total. The van der Waals surface area contributed by atoms with Crippen LogP contribution in [0.4, 0.5) is 0 Å². The number of likely N-dealkylation sites (tertiary alicyclic amines) is 1. The molecule has 4 atom stereocenters. The molecule has 0 aromatic heterocycles. The Hall–Kier alpha value is -3.07. The molecule has 2 saturated heterocycles. The van der Waals surface area contributed by atoms with Crippen LogP contribution in [-0.2, 0) is 27.4 Å². The number of β-amino-alcohol motifs (C(OH)–C–C–N with tert-alkyl or cyclic N) is 1. The van der Waals surface area contributed by atoms with Crippen LogP contribution in [-0.4, -0.2) is 52.9 Å². The Morgan fingerprint density at radius 2 is 1.74 bits per heavy atom. The lowest BCUT2D eigenvalue weighted by Gasteiger charge is -2.38. The van der Waals surface area contributed by atoms with Gasteiger partial charge in [-0.05, 0) is 46.4 Å². The van der Waals surface area contributed by atoms with Gasteiger partial charge >= 0.3 is 0 Å². The van der Waals surface area contributed by atoms with E-state index >= 15 is 0 Å². The average Bonchev–Trinajstić information content (AvgIpc) is 3.36. The summed E-state index contributed by atoms with van der Waals surface area (Å²) in [7, 11) is 0. The highest BCUT2D eigenvalue weighted by Crippen LogP contribution is 2.39. The second kappa shape index (κ2) is 12.2. The van der Waals surface area contributed by atoms with Crippen molar-refractivity contribution in [1.29, 1.82) is 0 Å².